The first-order valence-electron chi connectivity index (χ1n) is 22.7. The number of rotatable bonds is 9. The minimum atomic E-state index is 0. The number of hydrogen-bond donors (Lipinski definition) is 3. The van der Waals surface area contributed by atoms with Crippen LogP contribution in [0.4, 0.5) is 11.4 Å². The van der Waals surface area contributed by atoms with Gasteiger partial charge in [0.15, 0.2) is 0 Å². The molecule has 4 aliphatic rings. The van der Waals surface area contributed by atoms with Gasteiger partial charge in [-0.25, -0.2) is 0 Å². The Bertz CT molecular complexity index is 1880. The summed E-state index contributed by atoms with van der Waals surface area (Å²) in [6.07, 6.45) is 17.8. The first-order valence-corrected chi connectivity index (χ1v) is 23.3. The molecule has 2 saturated heterocycles. The zero-order chi connectivity index (χ0) is 40.9. The van der Waals surface area contributed by atoms with Crippen LogP contribution in [0, 0.1) is 13.8 Å². The number of nitrogens with one attached hydrogen (secondary N) is 3. The minimum Gasteiger partial charge on any atom is -0.382 e. The zero-order valence-corrected chi connectivity index (χ0v) is 40.4. The largest absolute Gasteiger partial charge is 0.382 e. The van der Waals surface area contributed by atoms with Gasteiger partial charge in [0.25, 0.3) is 0 Å². The Hall–Kier alpha value is -3.29. The second-order valence-corrected chi connectivity index (χ2v) is 17.3. The summed E-state index contributed by atoms with van der Waals surface area (Å²) in [7, 11) is 0. The zero-order valence-electron chi connectivity index (χ0n) is 37.2. The number of fused-ring (bicyclic) bond motifs is 2. The van der Waals surface area contributed by atoms with Crippen molar-refractivity contribution in [3.63, 3.8) is 0 Å². The molecule has 2 aliphatic carbocycles. The summed E-state index contributed by atoms with van der Waals surface area (Å²) in [5.41, 5.74) is 10.9. The molecule has 9 heteroatoms. The fraction of sp³-hybridized carbons (Fsp3) is 0.453. The SMILES string of the molecule is Cc1cccc(C)n1.Cl.Cl.Cl.ClCCC1CCCCN1.c1ccc(N(CCC2CCCCN2)C2CCc3ccccc3C2)cc1.c1ccc(NC2CCc3ccccc3C2)cc1. The lowest BCUT2D eigenvalue weighted by Crippen LogP contribution is -2.43. The van der Waals surface area contributed by atoms with E-state index in [1.54, 1.807) is 11.1 Å². The molecule has 4 unspecified atom stereocenters. The van der Waals surface area contributed by atoms with E-state index in [2.05, 4.69) is 135 Å². The van der Waals surface area contributed by atoms with Crippen molar-refractivity contribution in [2.75, 3.05) is 35.7 Å². The highest BCUT2D eigenvalue weighted by atomic mass is 35.5. The molecule has 0 amide bonds. The highest BCUT2D eigenvalue weighted by molar-refractivity contribution is 6.17. The van der Waals surface area contributed by atoms with Gasteiger partial charge in [-0.15, -0.1) is 48.8 Å². The van der Waals surface area contributed by atoms with Gasteiger partial charge in [-0.2, -0.15) is 0 Å². The summed E-state index contributed by atoms with van der Waals surface area (Å²) in [5.74, 6) is 0.803. The standard InChI is InChI=1S/C23H30N2.C16H17N.C7H14ClN.C7H9N.3ClH/c1-2-11-22(12-3-1)25(17-15-21-10-6-7-16-24-21)23-14-13-19-8-4-5-9-20(19)18-23;1-2-8-15(9-3-1)17-16-11-10-13-6-4-5-7-14(13)12-16;8-5-4-7-3-1-2-6-9-7;1-6-4-3-5-7(2)8-6;;;/h1-5,8-9,11-12,21,23-24H,6-7,10,13-18H2;1-9,16-17H,10-12H2;7,9H,1-6H2;3-5H,1-2H3;3*1H. The fourth-order valence-corrected chi connectivity index (χ4v) is 9.39. The van der Waals surface area contributed by atoms with Crippen molar-refractivity contribution in [1.82, 2.24) is 15.6 Å². The number of pyridine rings is 1. The topological polar surface area (TPSA) is 52.2 Å². The summed E-state index contributed by atoms with van der Waals surface area (Å²) < 4.78 is 0. The molecule has 2 fully saturated rings. The number of aryl methyl sites for hydroxylation is 4. The Morgan fingerprint density at radius 3 is 1.61 bits per heavy atom. The van der Waals surface area contributed by atoms with E-state index in [-0.39, 0.29) is 37.2 Å². The molecule has 2 aliphatic heterocycles. The predicted molar refractivity (Wildman–Crippen MR) is 275 cm³/mol. The molecular weight excluding hydrogens is 848 g/mol. The van der Waals surface area contributed by atoms with Crippen molar-refractivity contribution in [2.24, 2.45) is 0 Å². The van der Waals surface area contributed by atoms with E-state index >= 15 is 0 Å². The Morgan fingerprint density at radius 1 is 0.565 bits per heavy atom. The van der Waals surface area contributed by atoms with Crippen LogP contribution in [0.5, 0.6) is 0 Å². The Kier molecular flexibility index (Phi) is 25.6. The molecular formula is C53H73Cl4N5. The van der Waals surface area contributed by atoms with Gasteiger partial charge < -0.3 is 20.9 Å². The lowest BCUT2D eigenvalue weighted by molar-refractivity contribution is 0.376. The van der Waals surface area contributed by atoms with Gasteiger partial charge in [0.1, 0.15) is 0 Å². The van der Waals surface area contributed by atoms with E-state index in [4.69, 9.17) is 11.6 Å². The van der Waals surface area contributed by atoms with Gasteiger partial charge in [-0.3, -0.25) is 4.98 Å². The number of para-hydroxylation sites is 2. The van der Waals surface area contributed by atoms with Crippen LogP contribution in [0.3, 0.4) is 0 Å². The lowest BCUT2D eigenvalue weighted by atomic mass is 9.87. The fourth-order valence-electron chi connectivity index (χ4n) is 9.12. The van der Waals surface area contributed by atoms with Gasteiger partial charge >= 0.3 is 0 Å². The summed E-state index contributed by atoms with van der Waals surface area (Å²) >= 11 is 5.59. The van der Waals surface area contributed by atoms with Crippen molar-refractivity contribution in [3.8, 4) is 0 Å². The second-order valence-electron chi connectivity index (χ2n) is 16.9. The lowest BCUT2D eigenvalue weighted by Gasteiger charge is -2.38. The molecule has 4 atom stereocenters. The average molecular weight is 922 g/mol. The molecule has 0 bridgehead atoms. The Labute approximate surface area is 398 Å². The molecule has 62 heavy (non-hydrogen) atoms. The molecule has 3 N–H and O–H groups in total. The van der Waals surface area contributed by atoms with Crippen molar-refractivity contribution < 1.29 is 0 Å². The summed E-state index contributed by atoms with van der Waals surface area (Å²) in [6.45, 7) is 7.54. The summed E-state index contributed by atoms with van der Waals surface area (Å²) in [4.78, 5) is 6.86. The maximum atomic E-state index is 5.59. The van der Waals surface area contributed by atoms with E-state index in [0.717, 1.165) is 42.7 Å². The van der Waals surface area contributed by atoms with E-state index in [1.165, 1.54) is 113 Å². The van der Waals surface area contributed by atoms with Crippen molar-refractivity contribution in [1.29, 1.82) is 0 Å². The molecule has 0 radical (unpaired) electrons. The van der Waals surface area contributed by atoms with Crippen LogP contribution in [-0.2, 0) is 25.7 Å². The molecule has 3 heterocycles. The monoisotopic (exact) mass is 919 g/mol. The minimum absolute atomic E-state index is 0. The molecule has 0 spiro atoms. The third kappa shape index (κ3) is 18.1. The van der Waals surface area contributed by atoms with Crippen molar-refractivity contribution in [3.05, 3.63) is 161 Å². The molecule has 5 aromatic rings. The number of hydrogen-bond acceptors (Lipinski definition) is 5. The van der Waals surface area contributed by atoms with E-state index < -0.39 is 0 Å². The molecule has 0 saturated carbocycles. The number of halogens is 4. The highest BCUT2D eigenvalue weighted by Gasteiger charge is 2.25. The quantitative estimate of drug-likeness (QED) is 0.129. The van der Waals surface area contributed by atoms with Crippen LogP contribution in [-0.4, -0.2) is 54.7 Å². The Morgan fingerprint density at radius 2 is 1.08 bits per heavy atom. The number of nitrogens with zero attached hydrogens (tertiary/aromatic N) is 2. The van der Waals surface area contributed by atoms with Gasteiger partial charge in [-0.1, -0.05) is 104 Å². The van der Waals surface area contributed by atoms with Gasteiger partial charge in [0.2, 0.25) is 0 Å². The number of benzene rings is 4. The van der Waals surface area contributed by atoms with Gasteiger partial charge in [-0.05, 0) is 163 Å². The molecule has 338 valence electrons. The third-order valence-electron chi connectivity index (χ3n) is 12.4. The average Bonchev–Trinajstić information content (AvgIpc) is 3.29. The molecule has 1 aromatic heterocycles. The van der Waals surface area contributed by atoms with Crippen LogP contribution in [0.1, 0.15) is 97.8 Å². The first-order chi connectivity index (χ1) is 29.0. The number of anilines is 2. The van der Waals surface area contributed by atoms with Crippen LogP contribution in [0.25, 0.3) is 0 Å². The summed E-state index contributed by atoms with van der Waals surface area (Å²) in [5, 5.41) is 10.8. The van der Waals surface area contributed by atoms with Gasteiger partial charge in [0, 0.05) is 59.4 Å². The van der Waals surface area contributed by atoms with Crippen molar-refractivity contribution in [2.45, 2.75) is 128 Å². The van der Waals surface area contributed by atoms with Crippen molar-refractivity contribution >= 4 is 60.2 Å². The first kappa shape index (κ1) is 53.1. The van der Waals surface area contributed by atoms with Crippen LogP contribution in [0.15, 0.2) is 127 Å². The number of alkyl halides is 1. The van der Waals surface area contributed by atoms with Crippen LogP contribution >= 0.6 is 48.8 Å². The molecule has 9 rings (SSSR count). The van der Waals surface area contributed by atoms with E-state index in [9.17, 15) is 0 Å². The molecule has 4 aromatic carbocycles. The van der Waals surface area contributed by atoms with Crippen LogP contribution < -0.4 is 20.9 Å². The third-order valence-corrected chi connectivity index (χ3v) is 12.6. The van der Waals surface area contributed by atoms with E-state index in [1.807, 2.05) is 32.0 Å². The predicted octanol–water partition coefficient (Wildman–Crippen LogP) is 13.0. The second kappa shape index (κ2) is 30.0. The highest BCUT2D eigenvalue weighted by Crippen LogP contribution is 2.29. The smallest absolute Gasteiger partial charge is 0.0375 e. The summed E-state index contributed by atoms with van der Waals surface area (Å²) in [6, 6.07) is 48.0. The van der Waals surface area contributed by atoms with Gasteiger partial charge in [0.05, 0.1) is 0 Å². The number of aromatic nitrogens is 1. The maximum Gasteiger partial charge on any atom is 0.0375 e. The van der Waals surface area contributed by atoms with E-state index in [0.29, 0.717) is 18.1 Å². The Balaban J connectivity index is 0.000000240. The maximum absolute atomic E-state index is 5.59. The normalized spacial score (nSPS) is 19.7. The van der Waals surface area contributed by atoms with Crippen LogP contribution in [0.2, 0.25) is 0 Å². The molecule has 5 nitrogen and oxygen atoms in total. The number of piperidine rings is 2.